The smallest absolute Gasteiger partial charge is 0.305 e. The average molecular weight is 318 g/mol. The Bertz CT molecular complexity index is 474. The number of esters is 1. The standard InChI is InChI=1S/C20H30O3/c1-4-9-17(18-12-14-19(22-3)15-13-18)10-7-6-8-11-20(21)23-16-5-2/h10,12-15H,4-9,11,16H2,1-3H3/b17-10-. The molecule has 23 heavy (non-hydrogen) atoms. The molecule has 0 bridgehead atoms. The van der Waals surface area contributed by atoms with Gasteiger partial charge in [0.15, 0.2) is 0 Å². The first kappa shape index (κ1) is 19.3. The van der Waals surface area contributed by atoms with Crippen LogP contribution in [-0.4, -0.2) is 19.7 Å². The van der Waals surface area contributed by atoms with E-state index >= 15 is 0 Å². The van der Waals surface area contributed by atoms with E-state index in [1.54, 1.807) is 7.11 Å². The summed E-state index contributed by atoms with van der Waals surface area (Å²) < 4.78 is 10.3. The highest BCUT2D eigenvalue weighted by atomic mass is 16.5. The second kappa shape index (κ2) is 11.8. The highest BCUT2D eigenvalue weighted by Crippen LogP contribution is 2.23. The van der Waals surface area contributed by atoms with Gasteiger partial charge in [-0.3, -0.25) is 4.79 Å². The van der Waals surface area contributed by atoms with Crippen LogP contribution in [-0.2, 0) is 9.53 Å². The van der Waals surface area contributed by atoms with Crippen LogP contribution in [0.4, 0.5) is 0 Å². The molecule has 0 atom stereocenters. The summed E-state index contributed by atoms with van der Waals surface area (Å²) in [5, 5.41) is 0. The van der Waals surface area contributed by atoms with Gasteiger partial charge in [-0.1, -0.05) is 38.5 Å². The maximum absolute atomic E-state index is 11.4. The molecule has 0 heterocycles. The van der Waals surface area contributed by atoms with Crippen molar-refractivity contribution in [1.29, 1.82) is 0 Å². The fourth-order valence-corrected chi connectivity index (χ4v) is 2.42. The molecule has 1 aromatic carbocycles. The zero-order valence-corrected chi connectivity index (χ0v) is 14.8. The number of allylic oxidation sites excluding steroid dienone is 2. The molecule has 0 aliphatic heterocycles. The van der Waals surface area contributed by atoms with E-state index in [1.165, 1.54) is 11.1 Å². The molecule has 0 N–H and O–H groups in total. The number of carbonyl (C=O) groups excluding carboxylic acids is 1. The van der Waals surface area contributed by atoms with Crippen molar-refractivity contribution in [2.45, 2.75) is 58.8 Å². The SMILES string of the molecule is CCCOC(=O)CCCC/C=C(/CCC)c1ccc(OC)cc1. The van der Waals surface area contributed by atoms with E-state index in [0.29, 0.717) is 13.0 Å². The third-order valence-corrected chi connectivity index (χ3v) is 3.67. The first-order valence-electron chi connectivity index (χ1n) is 8.70. The minimum atomic E-state index is -0.0697. The molecular formula is C20H30O3. The van der Waals surface area contributed by atoms with Gasteiger partial charge in [0.1, 0.15) is 5.75 Å². The Labute approximate surface area is 140 Å². The fourth-order valence-electron chi connectivity index (χ4n) is 2.42. The molecule has 128 valence electrons. The van der Waals surface area contributed by atoms with Gasteiger partial charge in [0.05, 0.1) is 13.7 Å². The van der Waals surface area contributed by atoms with E-state index in [1.807, 2.05) is 19.1 Å². The monoisotopic (exact) mass is 318 g/mol. The lowest BCUT2D eigenvalue weighted by Gasteiger charge is -2.08. The molecule has 0 spiro atoms. The van der Waals surface area contributed by atoms with Crippen molar-refractivity contribution >= 4 is 11.5 Å². The van der Waals surface area contributed by atoms with Gasteiger partial charge in [-0.25, -0.2) is 0 Å². The first-order valence-corrected chi connectivity index (χ1v) is 8.70. The molecule has 3 nitrogen and oxygen atoms in total. The minimum absolute atomic E-state index is 0.0697. The Balaban J connectivity index is 2.44. The van der Waals surface area contributed by atoms with Crippen LogP contribution in [0.1, 0.15) is 64.4 Å². The Morgan fingerprint density at radius 2 is 1.78 bits per heavy atom. The lowest BCUT2D eigenvalue weighted by Crippen LogP contribution is -2.04. The molecular weight excluding hydrogens is 288 g/mol. The Morgan fingerprint density at radius 1 is 1.04 bits per heavy atom. The van der Waals surface area contributed by atoms with E-state index in [2.05, 4.69) is 25.1 Å². The van der Waals surface area contributed by atoms with Gasteiger partial charge >= 0.3 is 5.97 Å². The van der Waals surface area contributed by atoms with Crippen LogP contribution >= 0.6 is 0 Å². The van der Waals surface area contributed by atoms with Gasteiger partial charge in [-0.2, -0.15) is 0 Å². The molecule has 0 aliphatic carbocycles. The van der Waals surface area contributed by atoms with Crippen LogP contribution in [0, 0.1) is 0 Å². The molecule has 1 aromatic rings. The summed E-state index contributed by atoms with van der Waals surface area (Å²) >= 11 is 0. The highest BCUT2D eigenvalue weighted by molar-refractivity contribution is 5.69. The summed E-state index contributed by atoms with van der Waals surface area (Å²) in [6, 6.07) is 8.23. The van der Waals surface area contributed by atoms with Crippen molar-refractivity contribution in [3.63, 3.8) is 0 Å². The van der Waals surface area contributed by atoms with Crippen LogP contribution in [0.25, 0.3) is 5.57 Å². The van der Waals surface area contributed by atoms with Crippen LogP contribution in [0.15, 0.2) is 30.3 Å². The van der Waals surface area contributed by atoms with Crippen LogP contribution < -0.4 is 4.74 Å². The Hall–Kier alpha value is -1.77. The molecule has 0 saturated heterocycles. The number of unbranched alkanes of at least 4 members (excludes halogenated alkanes) is 2. The highest BCUT2D eigenvalue weighted by Gasteiger charge is 2.03. The van der Waals surface area contributed by atoms with Crippen molar-refractivity contribution in [3.05, 3.63) is 35.9 Å². The van der Waals surface area contributed by atoms with Crippen LogP contribution in [0.5, 0.6) is 5.75 Å². The van der Waals surface area contributed by atoms with E-state index in [0.717, 1.165) is 44.3 Å². The van der Waals surface area contributed by atoms with Crippen molar-refractivity contribution in [2.24, 2.45) is 0 Å². The van der Waals surface area contributed by atoms with Crippen molar-refractivity contribution in [1.82, 2.24) is 0 Å². The van der Waals surface area contributed by atoms with Crippen molar-refractivity contribution in [2.75, 3.05) is 13.7 Å². The molecule has 0 aliphatic rings. The quantitative estimate of drug-likeness (QED) is 0.405. The number of rotatable bonds is 11. The maximum atomic E-state index is 11.4. The number of methoxy groups -OCH3 is 1. The van der Waals surface area contributed by atoms with Crippen molar-refractivity contribution < 1.29 is 14.3 Å². The summed E-state index contributed by atoms with van der Waals surface area (Å²) in [7, 11) is 1.68. The zero-order chi connectivity index (χ0) is 16.9. The molecule has 0 radical (unpaired) electrons. The van der Waals surface area contributed by atoms with E-state index in [-0.39, 0.29) is 5.97 Å². The fraction of sp³-hybridized carbons (Fsp3) is 0.550. The van der Waals surface area contributed by atoms with Crippen molar-refractivity contribution in [3.8, 4) is 5.75 Å². The van der Waals surface area contributed by atoms with Gasteiger partial charge in [0.25, 0.3) is 0 Å². The zero-order valence-electron chi connectivity index (χ0n) is 14.8. The van der Waals surface area contributed by atoms with Gasteiger partial charge in [0.2, 0.25) is 0 Å². The number of ether oxygens (including phenoxy) is 2. The Morgan fingerprint density at radius 3 is 2.39 bits per heavy atom. The summed E-state index contributed by atoms with van der Waals surface area (Å²) in [5.74, 6) is 0.815. The van der Waals surface area contributed by atoms with Gasteiger partial charge in [-0.15, -0.1) is 0 Å². The normalized spacial score (nSPS) is 11.3. The predicted octanol–water partition coefficient (Wildman–Crippen LogP) is 5.39. The number of benzene rings is 1. The molecule has 0 unspecified atom stereocenters. The third kappa shape index (κ3) is 7.87. The average Bonchev–Trinajstić information content (AvgIpc) is 2.58. The van der Waals surface area contributed by atoms with E-state index in [4.69, 9.17) is 9.47 Å². The van der Waals surface area contributed by atoms with Gasteiger partial charge in [-0.05, 0) is 55.4 Å². The number of carbonyl (C=O) groups is 1. The van der Waals surface area contributed by atoms with Crippen LogP contribution in [0.2, 0.25) is 0 Å². The largest absolute Gasteiger partial charge is 0.497 e. The molecule has 0 amide bonds. The molecule has 0 aromatic heterocycles. The van der Waals surface area contributed by atoms with E-state index in [9.17, 15) is 4.79 Å². The second-order valence-corrected chi connectivity index (χ2v) is 5.67. The molecule has 1 rings (SSSR count). The predicted molar refractivity (Wildman–Crippen MR) is 95.6 cm³/mol. The first-order chi connectivity index (χ1) is 11.2. The van der Waals surface area contributed by atoms with Gasteiger partial charge in [0, 0.05) is 6.42 Å². The second-order valence-electron chi connectivity index (χ2n) is 5.67. The molecule has 3 heteroatoms. The summed E-state index contributed by atoms with van der Waals surface area (Å²) in [6.07, 6.45) is 8.83. The number of hydrogen-bond donors (Lipinski definition) is 0. The van der Waals surface area contributed by atoms with Gasteiger partial charge < -0.3 is 9.47 Å². The Kier molecular flexibility index (Phi) is 9.85. The number of hydrogen-bond acceptors (Lipinski definition) is 3. The summed E-state index contributed by atoms with van der Waals surface area (Å²) in [4.78, 5) is 11.4. The lowest BCUT2D eigenvalue weighted by molar-refractivity contribution is -0.143. The topological polar surface area (TPSA) is 35.5 Å². The van der Waals surface area contributed by atoms with E-state index < -0.39 is 0 Å². The third-order valence-electron chi connectivity index (χ3n) is 3.67. The summed E-state index contributed by atoms with van der Waals surface area (Å²) in [6.45, 7) is 4.74. The van der Waals surface area contributed by atoms with Crippen LogP contribution in [0.3, 0.4) is 0 Å². The minimum Gasteiger partial charge on any atom is -0.497 e. The summed E-state index contributed by atoms with van der Waals surface area (Å²) in [5.41, 5.74) is 2.64. The maximum Gasteiger partial charge on any atom is 0.305 e. The molecule has 0 fully saturated rings. The molecule has 0 saturated carbocycles. The lowest BCUT2D eigenvalue weighted by atomic mass is 9.99.